The van der Waals surface area contributed by atoms with E-state index >= 15 is 0 Å². The van der Waals surface area contributed by atoms with E-state index in [2.05, 4.69) is 10.6 Å². The highest BCUT2D eigenvalue weighted by molar-refractivity contribution is 14.1. The molecule has 166 valence electrons. The van der Waals surface area contributed by atoms with Gasteiger partial charge in [0.15, 0.2) is 0 Å². The predicted octanol–water partition coefficient (Wildman–Crippen LogP) is -1.54. The number of likely N-dealkylation sites (N-methyl/N-ethyl adjacent to an activating group) is 1. The average molecular weight is 751 g/mol. The molecule has 0 saturated carbocycles. The number of benzene rings is 1. The van der Waals surface area contributed by atoms with Gasteiger partial charge in [-0.05, 0) is 80.9 Å². The van der Waals surface area contributed by atoms with Crippen LogP contribution in [0.2, 0.25) is 0 Å². The van der Waals surface area contributed by atoms with E-state index in [1.807, 2.05) is 67.8 Å². The van der Waals surface area contributed by atoms with Crippen molar-refractivity contribution < 1.29 is 40.2 Å². The van der Waals surface area contributed by atoms with Crippen LogP contribution in [0.25, 0.3) is 0 Å². The van der Waals surface area contributed by atoms with E-state index in [-0.39, 0.29) is 18.0 Å². The van der Waals surface area contributed by atoms with Gasteiger partial charge in [-0.3, -0.25) is 4.79 Å². The minimum absolute atomic E-state index is 0.0936. The molecule has 0 radical (unpaired) electrons. The van der Waals surface area contributed by atoms with Gasteiger partial charge in [-0.25, -0.2) is 0 Å². The van der Waals surface area contributed by atoms with Crippen molar-refractivity contribution in [2.24, 2.45) is 0 Å². The van der Waals surface area contributed by atoms with Crippen LogP contribution in [0.3, 0.4) is 0 Å². The number of aromatic carboxylic acids is 1. The highest BCUT2D eigenvalue weighted by Crippen LogP contribution is 2.31. The number of carboxylic acids is 1. The number of rotatable bonds is 8. The van der Waals surface area contributed by atoms with Gasteiger partial charge in [0.1, 0.15) is 18.3 Å². The van der Waals surface area contributed by atoms with E-state index in [1.54, 1.807) is 13.1 Å². The van der Waals surface area contributed by atoms with Crippen LogP contribution in [0.15, 0.2) is 6.07 Å². The fraction of sp³-hybridized carbons (Fsp3) is 0.500. The molecule has 13 heteroatoms. The van der Waals surface area contributed by atoms with Crippen LogP contribution in [0.4, 0.5) is 5.69 Å². The van der Waals surface area contributed by atoms with E-state index in [1.165, 1.54) is 6.92 Å². The maximum atomic E-state index is 11.0. The summed E-state index contributed by atoms with van der Waals surface area (Å²) in [4.78, 5) is 22.0. The van der Waals surface area contributed by atoms with Gasteiger partial charge < -0.3 is 46.1 Å². The molecule has 0 aliphatic heterocycles. The van der Waals surface area contributed by atoms with Gasteiger partial charge in [0.2, 0.25) is 5.91 Å². The molecule has 0 spiro atoms. The summed E-state index contributed by atoms with van der Waals surface area (Å²) in [6.07, 6.45) is -5.65. The van der Waals surface area contributed by atoms with Gasteiger partial charge in [-0.2, -0.15) is 0 Å². The Kier molecular flexibility index (Phi) is 14.3. The smallest absolute Gasteiger partial charge is 0.221 e. The van der Waals surface area contributed by atoms with Crippen molar-refractivity contribution in [3.8, 4) is 0 Å². The first-order chi connectivity index (χ1) is 13.4. The average Bonchev–Trinajstić information content (AvgIpc) is 2.63. The van der Waals surface area contributed by atoms with Crippen molar-refractivity contribution in [3.63, 3.8) is 0 Å². The molecule has 0 aliphatic carbocycles. The number of amides is 1. The second kappa shape index (κ2) is 14.2. The summed E-state index contributed by atoms with van der Waals surface area (Å²) in [6, 6.07) is 1.69. The molecule has 1 amide bonds. The second-order valence-corrected chi connectivity index (χ2v) is 9.13. The Balaban J connectivity index is 0.000000555. The molecule has 0 fully saturated rings. The number of carbonyl (C=O) groups is 2. The Morgan fingerprint density at radius 1 is 1.07 bits per heavy atom. The molecular weight excluding hydrogens is 729 g/mol. The summed E-state index contributed by atoms with van der Waals surface area (Å²) in [7, 11) is 1.57. The molecule has 0 heterocycles. The zero-order valence-electron chi connectivity index (χ0n) is 15.4. The third kappa shape index (κ3) is 9.42. The van der Waals surface area contributed by atoms with Gasteiger partial charge >= 0.3 is 0 Å². The predicted molar refractivity (Wildman–Crippen MR) is 128 cm³/mol. The summed E-state index contributed by atoms with van der Waals surface area (Å²) < 4.78 is 1.89. The quantitative estimate of drug-likeness (QED) is 0.155. The first-order valence-corrected chi connectivity index (χ1v) is 11.3. The van der Waals surface area contributed by atoms with Crippen molar-refractivity contribution in [1.82, 2.24) is 5.32 Å². The lowest BCUT2D eigenvalue weighted by Crippen LogP contribution is -2.48. The Morgan fingerprint density at radius 3 is 2.00 bits per heavy atom. The summed E-state index contributed by atoms with van der Waals surface area (Å²) in [6.45, 7) is 0.809. The summed E-state index contributed by atoms with van der Waals surface area (Å²) in [5.41, 5.74) is 0.638. The molecule has 1 aromatic rings. The van der Waals surface area contributed by atoms with Crippen molar-refractivity contribution in [2.45, 2.75) is 31.3 Å². The number of carbonyl (C=O) groups excluding carboxylic acids is 2. The molecule has 0 unspecified atom stereocenters. The Labute approximate surface area is 208 Å². The molecule has 0 aliphatic rings. The van der Waals surface area contributed by atoms with Crippen LogP contribution >= 0.6 is 67.8 Å². The topological polar surface area (TPSA) is 182 Å². The number of aliphatic hydroxyl groups excluding tert-OH is 5. The van der Waals surface area contributed by atoms with Gasteiger partial charge in [-0.15, -0.1) is 0 Å². The minimum atomic E-state index is -1.55. The number of hydrogen-bond donors (Lipinski definition) is 7. The van der Waals surface area contributed by atoms with Crippen LogP contribution < -0.4 is 15.7 Å². The Bertz CT molecular complexity index is 707. The van der Waals surface area contributed by atoms with Crippen LogP contribution in [0.1, 0.15) is 17.3 Å². The molecule has 1 rings (SSSR count). The van der Waals surface area contributed by atoms with E-state index in [4.69, 9.17) is 20.4 Å². The monoisotopic (exact) mass is 751 g/mol. The molecule has 4 atom stereocenters. The van der Waals surface area contributed by atoms with Gasteiger partial charge in [-0.1, -0.05) is 0 Å². The third-order valence-corrected chi connectivity index (χ3v) is 6.19. The maximum Gasteiger partial charge on any atom is 0.221 e. The highest BCUT2D eigenvalue weighted by atomic mass is 127. The SMILES string of the molecule is CC(=O)Nc1c(I)cc(I)c(C(=O)[O-])c1I.CNC[C@H](O)[C@@H](O)[C@H](O)[C@H](O)CO. The number of hydrogen-bond acceptors (Lipinski definition) is 9. The zero-order valence-corrected chi connectivity index (χ0v) is 21.9. The molecule has 29 heavy (non-hydrogen) atoms. The van der Waals surface area contributed by atoms with E-state index in [9.17, 15) is 19.8 Å². The van der Waals surface area contributed by atoms with Crippen LogP contribution in [-0.4, -0.2) is 82.0 Å². The van der Waals surface area contributed by atoms with E-state index < -0.39 is 37.0 Å². The fourth-order valence-electron chi connectivity index (χ4n) is 1.96. The summed E-state index contributed by atoms with van der Waals surface area (Å²) >= 11 is 5.88. The van der Waals surface area contributed by atoms with Crippen LogP contribution in [-0.2, 0) is 4.79 Å². The number of carboxylic acid groups (broad SMARTS) is 1. The molecule has 10 nitrogen and oxygen atoms in total. The van der Waals surface area contributed by atoms with Crippen LogP contribution in [0.5, 0.6) is 0 Å². The summed E-state index contributed by atoms with van der Waals surface area (Å²) in [5, 5.41) is 61.0. The number of nitrogens with one attached hydrogen (secondary N) is 2. The normalized spacial score (nSPS) is 14.8. The fourth-order valence-corrected chi connectivity index (χ4v) is 6.04. The number of halogens is 3. The lowest BCUT2D eigenvalue weighted by Gasteiger charge is -2.25. The standard InChI is InChI=1S/C9H6I3NO3.C7H17NO5/c1-3(14)13-8-5(11)2-4(10)6(7(8)12)9(15)16;1-8-2-4(10)6(12)7(13)5(11)3-9/h2H,1H3,(H,13,14)(H,15,16);4-13H,2-3H2,1H3/p-1/t;4-,5+,6+,7+/m.0/s1. The zero-order chi connectivity index (χ0) is 22.9. The number of aliphatic hydroxyl groups is 5. The first-order valence-electron chi connectivity index (χ1n) is 8.03. The number of anilines is 1. The molecule has 0 bridgehead atoms. The van der Waals surface area contributed by atoms with Crippen LogP contribution in [0, 0.1) is 10.7 Å². The summed E-state index contributed by atoms with van der Waals surface area (Å²) in [5.74, 6) is -1.47. The minimum Gasteiger partial charge on any atom is -0.545 e. The van der Waals surface area contributed by atoms with Gasteiger partial charge in [0.05, 0.1) is 24.4 Å². The van der Waals surface area contributed by atoms with Crippen molar-refractivity contribution >= 4 is 85.3 Å². The molecule has 1 aromatic carbocycles. The van der Waals surface area contributed by atoms with E-state index in [0.717, 1.165) is 3.57 Å². The van der Waals surface area contributed by atoms with E-state index in [0.29, 0.717) is 12.8 Å². The third-order valence-electron chi connectivity index (χ3n) is 3.41. The molecular formula is C16H22I3N2O8-. The lowest BCUT2D eigenvalue weighted by molar-refractivity contribution is -0.255. The highest BCUT2D eigenvalue weighted by Gasteiger charge is 2.29. The lowest BCUT2D eigenvalue weighted by atomic mass is 10.0. The van der Waals surface area contributed by atoms with Crippen molar-refractivity contribution in [1.29, 1.82) is 0 Å². The molecule has 7 N–H and O–H groups in total. The van der Waals surface area contributed by atoms with Gasteiger partial charge in [0.25, 0.3) is 0 Å². The second-order valence-electron chi connectivity index (χ2n) is 5.73. The van der Waals surface area contributed by atoms with Crippen molar-refractivity contribution in [3.05, 3.63) is 22.3 Å². The van der Waals surface area contributed by atoms with Crippen molar-refractivity contribution in [2.75, 3.05) is 25.5 Å². The first kappa shape index (κ1) is 29.1. The molecule has 0 saturated heterocycles. The maximum absolute atomic E-state index is 11.0. The molecule has 0 aromatic heterocycles. The largest absolute Gasteiger partial charge is 0.545 e. The van der Waals surface area contributed by atoms with Gasteiger partial charge in [0, 0.05) is 29.7 Å². The Hall–Kier alpha value is 0.110. The Morgan fingerprint density at radius 2 is 1.59 bits per heavy atom.